The third kappa shape index (κ3) is 4.47. The first-order valence-electron chi connectivity index (χ1n) is 7.51. The van der Waals surface area contributed by atoms with Crippen LogP contribution in [0, 0.1) is 0 Å². The second kappa shape index (κ2) is 6.69. The number of rotatable bonds is 5. The molecule has 0 saturated heterocycles. The van der Waals surface area contributed by atoms with Crippen LogP contribution in [-0.2, 0) is 6.42 Å². The van der Waals surface area contributed by atoms with Crippen molar-refractivity contribution in [3.8, 4) is 0 Å². The second-order valence-corrected chi connectivity index (χ2v) is 6.01. The zero-order chi connectivity index (χ0) is 16.2. The molecule has 0 atom stereocenters. The molecule has 0 radical (unpaired) electrons. The van der Waals surface area contributed by atoms with Crippen molar-refractivity contribution < 1.29 is 18.0 Å². The smallest absolute Gasteiger partial charge is 0.366 e. The third-order valence-corrected chi connectivity index (χ3v) is 4.29. The van der Waals surface area contributed by atoms with Crippen LogP contribution in [0.1, 0.15) is 48.0 Å². The van der Waals surface area contributed by atoms with Crippen molar-refractivity contribution >= 4 is 5.91 Å². The van der Waals surface area contributed by atoms with Crippen molar-refractivity contribution in [3.63, 3.8) is 0 Å². The van der Waals surface area contributed by atoms with Gasteiger partial charge in [0, 0.05) is 11.1 Å². The molecule has 1 aliphatic carbocycles. The number of carbonyl (C=O) groups is 1. The van der Waals surface area contributed by atoms with E-state index in [0.717, 1.165) is 19.3 Å². The highest BCUT2D eigenvalue weighted by atomic mass is 19.4. The highest BCUT2D eigenvalue weighted by Crippen LogP contribution is 2.33. The molecule has 122 valence electrons. The van der Waals surface area contributed by atoms with Crippen LogP contribution in [-0.4, -0.2) is 24.2 Å². The number of amides is 1. The van der Waals surface area contributed by atoms with Gasteiger partial charge in [0.25, 0.3) is 0 Å². The van der Waals surface area contributed by atoms with Gasteiger partial charge in [-0.25, -0.2) is 0 Å². The number of halogens is 3. The number of nitrogens with one attached hydrogen (secondary N) is 1. The van der Waals surface area contributed by atoms with E-state index in [2.05, 4.69) is 5.32 Å². The summed E-state index contributed by atoms with van der Waals surface area (Å²) in [6.07, 6.45) is 0.322. The summed E-state index contributed by atoms with van der Waals surface area (Å²) >= 11 is 0. The fourth-order valence-corrected chi connectivity index (χ4v) is 3.21. The zero-order valence-electron chi connectivity index (χ0n) is 12.4. The van der Waals surface area contributed by atoms with E-state index in [4.69, 9.17) is 5.73 Å². The van der Waals surface area contributed by atoms with E-state index < -0.39 is 24.2 Å². The highest BCUT2D eigenvalue weighted by Gasteiger charge is 2.37. The Kier molecular flexibility index (Phi) is 5.11. The first-order valence-corrected chi connectivity index (χ1v) is 7.51. The first kappa shape index (κ1) is 16.8. The van der Waals surface area contributed by atoms with Gasteiger partial charge in [-0.2, -0.15) is 13.2 Å². The third-order valence-electron chi connectivity index (χ3n) is 4.29. The molecular formula is C16H21F3N2O. The summed E-state index contributed by atoms with van der Waals surface area (Å²) < 4.78 is 37.8. The lowest BCUT2D eigenvalue weighted by Crippen LogP contribution is -2.52. The van der Waals surface area contributed by atoms with Crippen LogP contribution >= 0.6 is 0 Å². The number of primary amides is 1. The Hall–Kier alpha value is -1.56. The average molecular weight is 314 g/mol. The number of carbonyl (C=O) groups excluding carboxylic acids is 1. The predicted molar refractivity (Wildman–Crippen MR) is 78.5 cm³/mol. The van der Waals surface area contributed by atoms with Gasteiger partial charge in [-0.05, 0) is 30.9 Å². The van der Waals surface area contributed by atoms with E-state index >= 15 is 0 Å². The summed E-state index contributed by atoms with van der Waals surface area (Å²) in [6, 6.07) is 6.88. The van der Waals surface area contributed by atoms with Gasteiger partial charge >= 0.3 is 6.18 Å². The van der Waals surface area contributed by atoms with Crippen molar-refractivity contribution in [3.05, 3.63) is 35.4 Å². The molecule has 0 unspecified atom stereocenters. The molecule has 3 N–H and O–H groups in total. The number of alkyl halides is 3. The summed E-state index contributed by atoms with van der Waals surface area (Å²) in [5.41, 5.74) is 5.86. The Bertz CT molecular complexity index is 522. The van der Waals surface area contributed by atoms with Gasteiger partial charge in [-0.1, -0.05) is 37.5 Å². The van der Waals surface area contributed by atoms with Crippen LogP contribution in [0.5, 0.6) is 0 Å². The fraction of sp³-hybridized carbons (Fsp3) is 0.562. The van der Waals surface area contributed by atoms with Crippen molar-refractivity contribution in [2.24, 2.45) is 5.73 Å². The van der Waals surface area contributed by atoms with Gasteiger partial charge in [0.2, 0.25) is 5.91 Å². The van der Waals surface area contributed by atoms with Crippen molar-refractivity contribution in [1.29, 1.82) is 0 Å². The molecule has 0 heterocycles. The fourth-order valence-electron chi connectivity index (χ4n) is 3.21. The van der Waals surface area contributed by atoms with Gasteiger partial charge < -0.3 is 11.1 Å². The van der Waals surface area contributed by atoms with Crippen LogP contribution in [0.25, 0.3) is 0 Å². The molecule has 2 rings (SSSR count). The second-order valence-electron chi connectivity index (χ2n) is 6.01. The summed E-state index contributed by atoms with van der Waals surface area (Å²) in [7, 11) is 0. The molecule has 3 nitrogen and oxygen atoms in total. The molecule has 0 bridgehead atoms. The predicted octanol–water partition coefficient (Wildman–Crippen LogP) is 3.18. The Balaban J connectivity index is 2.21. The Morgan fingerprint density at radius 1 is 1.18 bits per heavy atom. The summed E-state index contributed by atoms with van der Waals surface area (Å²) in [6.45, 7) is -1.01. The highest BCUT2D eigenvalue weighted by molar-refractivity contribution is 5.94. The molecule has 0 aliphatic heterocycles. The Morgan fingerprint density at radius 2 is 1.82 bits per heavy atom. The van der Waals surface area contributed by atoms with Gasteiger partial charge in [0.15, 0.2) is 0 Å². The zero-order valence-corrected chi connectivity index (χ0v) is 12.4. The van der Waals surface area contributed by atoms with E-state index in [-0.39, 0.29) is 0 Å². The van der Waals surface area contributed by atoms with Gasteiger partial charge in [0.05, 0.1) is 6.54 Å². The number of hydrogen-bond donors (Lipinski definition) is 2. The van der Waals surface area contributed by atoms with Gasteiger partial charge in [-0.15, -0.1) is 0 Å². The van der Waals surface area contributed by atoms with Crippen LogP contribution in [0.4, 0.5) is 13.2 Å². The molecule has 1 aromatic carbocycles. The van der Waals surface area contributed by atoms with Crippen LogP contribution < -0.4 is 11.1 Å². The number of hydrogen-bond acceptors (Lipinski definition) is 2. The molecule has 1 saturated carbocycles. The first-order chi connectivity index (χ1) is 10.3. The van der Waals surface area contributed by atoms with Crippen LogP contribution in [0.15, 0.2) is 24.3 Å². The Labute approximate surface area is 128 Å². The maximum Gasteiger partial charge on any atom is 0.401 e. The standard InChI is InChI=1S/C16H21F3N2O/c17-16(18,19)11-21-15(8-4-1-5-9-15)10-12-6-2-3-7-13(12)14(20)22/h2-3,6-7,21H,1,4-5,8-11H2,(H2,20,22). The minimum Gasteiger partial charge on any atom is -0.366 e. The maximum absolute atomic E-state index is 12.6. The number of benzene rings is 1. The lowest BCUT2D eigenvalue weighted by molar-refractivity contribution is -0.129. The van der Waals surface area contributed by atoms with Gasteiger partial charge in [-0.3, -0.25) is 4.79 Å². The topological polar surface area (TPSA) is 55.1 Å². The van der Waals surface area contributed by atoms with Crippen molar-refractivity contribution in [1.82, 2.24) is 5.32 Å². The molecule has 6 heteroatoms. The van der Waals surface area contributed by atoms with Crippen LogP contribution in [0.3, 0.4) is 0 Å². The van der Waals surface area contributed by atoms with E-state index in [9.17, 15) is 18.0 Å². The SMILES string of the molecule is NC(=O)c1ccccc1CC1(NCC(F)(F)F)CCCCC1. The molecule has 1 fully saturated rings. The van der Waals surface area contributed by atoms with E-state index in [1.165, 1.54) is 0 Å². The lowest BCUT2D eigenvalue weighted by atomic mass is 9.76. The monoisotopic (exact) mass is 314 g/mol. The summed E-state index contributed by atoms with van der Waals surface area (Å²) in [5, 5.41) is 2.71. The van der Waals surface area contributed by atoms with E-state index in [0.29, 0.717) is 30.4 Å². The van der Waals surface area contributed by atoms with E-state index in [1.54, 1.807) is 24.3 Å². The molecular weight excluding hydrogens is 293 g/mol. The van der Waals surface area contributed by atoms with Crippen LogP contribution in [0.2, 0.25) is 0 Å². The minimum atomic E-state index is -4.24. The Morgan fingerprint density at radius 3 is 2.41 bits per heavy atom. The summed E-state index contributed by atoms with van der Waals surface area (Å²) in [4.78, 5) is 11.5. The molecule has 22 heavy (non-hydrogen) atoms. The molecule has 0 aromatic heterocycles. The molecule has 1 amide bonds. The normalized spacial score (nSPS) is 18.1. The minimum absolute atomic E-state index is 0.390. The maximum atomic E-state index is 12.6. The largest absolute Gasteiger partial charge is 0.401 e. The lowest BCUT2D eigenvalue weighted by Gasteiger charge is -2.39. The quantitative estimate of drug-likeness (QED) is 0.877. The van der Waals surface area contributed by atoms with Gasteiger partial charge in [0.1, 0.15) is 0 Å². The average Bonchev–Trinajstić information content (AvgIpc) is 2.46. The van der Waals surface area contributed by atoms with Crippen molar-refractivity contribution in [2.45, 2.75) is 50.2 Å². The van der Waals surface area contributed by atoms with Crippen molar-refractivity contribution in [2.75, 3.05) is 6.54 Å². The molecule has 1 aromatic rings. The summed E-state index contributed by atoms with van der Waals surface area (Å²) in [5.74, 6) is -0.544. The number of nitrogens with two attached hydrogens (primary N) is 1. The molecule has 1 aliphatic rings. The van der Waals surface area contributed by atoms with E-state index in [1.807, 2.05) is 0 Å². The molecule has 0 spiro atoms.